The number of H-pyrrole nitrogens is 1. The van der Waals surface area contributed by atoms with Crippen LogP contribution >= 0.6 is 11.3 Å². The summed E-state index contributed by atoms with van der Waals surface area (Å²) in [5.41, 5.74) is 2.24. The van der Waals surface area contributed by atoms with E-state index in [4.69, 9.17) is 0 Å². The van der Waals surface area contributed by atoms with Gasteiger partial charge in [-0.25, -0.2) is 9.71 Å². The van der Waals surface area contributed by atoms with Gasteiger partial charge in [-0.05, 0) is 24.6 Å². The second kappa shape index (κ2) is 6.09. The predicted octanol–water partition coefficient (Wildman–Crippen LogP) is 2.29. The lowest BCUT2D eigenvalue weighted by molar-refractivity contribution is -0.119. The van der Waals surface area contributed by atoms with E-state index in [0.717, 1.165) is 27.3 Å². The van der Waals surface area contributed by atoms with Gasteiger partial charge in [0.05, 0.1) is 15.9 Å². The molecule has 3 rings (SSSR count). The molecule has 0 aliphatic carbocycles. The number of carbonyl (C=O) groups is 1. The number of amides is 1. The van der Waals surface area contributed by atoms with Crippen LogP contribution in [0.2, 0.25) is 0 Å². The SMILES string of the molecule is CCCC(=O)NS(=O)(=O)c1nc2cc(-c3ccn[nH]3)ccc2s1. The predicted molar refractivity (Wildman–Crippen MR) is 87.4 cm³/mol. The van der Waals surface area contributed by atoms with Gasteiger partial charge in [-0.3, -0.25) is 9.89 Å². The summed E-state index contributed by atoms with van der Waals surface area (Å²) in [5.74, 6) is -0.523. The van der Waals surface area contributed by atoms with E-state index >= 15 is 0 Å². The Morgan fingerprint density at radius 1 is 1.35 bits per heavy atom. The Bertz CT molecular complexity index is 946. The Morgan fingerprint density at radius 3 is 2.87 bits per heavy atom. The lowest BCUT2D eigenvalue weighted by Gasteiger charge is -2.02. The Balaban J connectivity index is 1.95. The molecule has 0 atom stereocenters. The number of carbonyl (C=O) groups excluding carboxylic acids is 1. The molecule has 2 heterocycles. The zero-order valence-corrected chi connectivity index (χ0v) is 13.9. The van der Waals surface area contributed by atoms with Crippen molar-refractivity contribution in [1.29, 1.82) is 0 Å². The maximum Gasteiger partial charge on any atom is 0.291 e. The van der Waals surface area contributed by atoms with E-state index in [1.165, 1.54) is 0 Å². The molecule has 7 nitrogen and oxygen atoms in total. The van der Waals surface area contributed by atoms with Gasteiger partial charge in [-0.1, -0.05) is 13.0 Å². The fourth-order valence-electron chi connectivity index (χ4n) is 2.08. The minimum atomic E-state index is -3.92. The van der Waals surface area contributed by atoms with E-state index in [0.29, 0.717) is 11.9 Å². The molecule has 0 fully saturated rings. The fourth-order valence-corrected chi connectivity index (χ4v) is 4.30. The monoisotopic (exact) mass is 350 g/mol. The minimum absolute atomic E-state index is 0.112. The average Bonchev–Trinajstić information content (AvgIpc) is 3.16. The number of nitrogens with one attached hydrogen (secondary N) is 2. The summed E-state index contributed by atoms with van der Waals surface area (Å²) >= 11 is 1.03. The maximum atomic E-state index is 12.2. The molecule has 0 spiro atoms. The number of rotatable bonds is 5. The first-order valence-electron chi connectivity index (χ1n) is 6.95. The van der Waals surface area contributed by atoms with Crippen LogP contribution in [0.5, 0.6) is 0 Å². The second-order valence-electron chi connectivity index (χ2n) is 4.91. The van der Waals surface area contributed by atoms with Crippen LogP contribution in [0.3, 0.4) is 0 Å². The summed E-state index contributed by atoms with van der Waals surface area (Å²) in [6, 6.07) is 7.26. The molecule has 23 heavy (non-hydrogen) atoms. The molecular weight excluding hydrogens is 336 g/mol. The molecule has 9 heteroatoms. The van der Waals surface area contributed by atoms with Crippen LogP contribution in [0.1, 0.15) is 19.8 Å². The van der Waals surface area contributed by atoms with Gasteiger partial charge in [0.15, 0.2) is 0 Å². The van der Waals surface area contributed by atoms with Crippen molar-refractivity contribution in [2.45, 2.75) is 24.1 Å². The number of sulfonamides is 1. The number of hydrogen-bond donors (Lipinski definition) is 2. The third kappa shape index (κ3) is 3.25. The average molecular weight is 350 g/mol. The Labute approximate surface area is 136 Å². The van der Waals surface area contributed by atoms with Crippen molar-refractivity contribution in [2.75, 3.05) is 0 Å². The summed E-state index contributed by atoms with van der Waals surface area (Å²) in [4.78, 5) is 15.7. The van der Waals surface area contributed by atoms with Gasteiger partial charge < -0.3 is 0 Å². The molecule has 0 unspecified atom stereocenters. The first-order valence-corrected chi connectivity index (χ1v) is 9.25. The van der Waals surface area contributed by atoms with Crippen LogP contribution in [-0.2, 0) is 14.8 Å². The molecule has 0 bridgehead atoms. The standard InChI is InChI=1S/C14H14N4O3S2/c1-2-3-13(19)18-23(20,21)14-16-11-8-9(4-5-12(11)22-14)10-6-7-15-17-10/h4-8H,2-3H2,1H3,(H,15,17)(H,18,19). The number of hydrogen-bond acceptors (Lipinski definition) is 6. The van der Waals surface area contributed by atoms with Crippen molar-refractivity contribution in [1.82, 2.24) is 19.9 Å². The third-order valence-electron chi connectivity index (χ3n) is 3.13. The van der Waals surface area contributed by atoms with Crippen molar-refractivity contribution < 1.29 is 13.2 Å². The fraction of sp³-hybridized carbons (Fsp3) is 0.214. The Morgan fingerprint density at radius 2 is 2.17 bits per heavy atom. The Hall–Kier alpha value is -2.26. The van der Waals surface area contributed by atoms with Crippen molar-refractivity contribution >= 4 is 37.5 Å². The molecule has 0 saturated heterocycles. The molecule has 3 aromatic rings. The highest BCUT2D eigenvalue weighted by molar-refractivity contribution is 7.92. The van der Waals surface area contributed by atoms with Crippen molar-refractivity contribution in [3.63, 3.8) is 0 Å². The highest BCUT2D eigenvalue weighted by atomic mass is 32.2. The van der Waals surface area contributed by atoms with Crippen LogP contribution in [0.15, 0.2) is 34.8 Å². The van der Waals surface area contributed by atoms with Crippen molar-refractivity contribution in [2.24, 2.45) is 0 Å². The van der Waals surface area contributed by atoms with Gasteiger partial charge in [0, 0.05) is 18.2 Å². The molecule has 1 aromatic carbocycles. The van der Waals surface area contributed by atoms with E-state index in [2.05, 4.69) is 15.2 Å². The first-order chi connectivity index (χ1) is 11.0. The van der Waals surface area contributed by atoms with Crippen LogP contribution < -0.4 is 4.72 Å². The van der Waals surface area contributed by atoms with Crippen molar-refractivity contribution in [3.05, 3.63) is 30.5 Å². The maximum absolute atomic E-state index is 12.2. The van der Waals surface area contributed by atoms with Gasteiger partial charge in [0.2, 0.25) is 10.2 Å². The highest BCUT2D eigenvalue weighted by Crippen LogP contribution is 2.29. The summed E-state index contributed by atoms with van der Waals surface area (Å²) in [6.45, 7) is 1.81. The lowest BCUT2D eigenvalue weighted by Crippen LogP contribution is -2.30. The molecule has 0 saturated carbocycles. The van der Waals surface area contributed by atoms with E-state index in [-0.39, 0.29) is 10.8 Å². The second-order valence-corrected chi connectivity index (χ2v) is 7.80. The number of nitrogens with zero attached hydrogens (tertiary/aromatic N) is 2. The van der Waals surface area contributed by atoms with Crippen molar-refractivity contribution in [3.8, 4) is 11.3 Å². The van der Waals surface area contributed by atoms with Gasteiger partial charge >= 0.3 is 0 Å². The summed E-state index contributed by atoms with van der Waals surface area (Å²) < 4.78 is 27.1. The zero-order valence-electron chi connectivity index (χ0n) is 12.2. The van der Waals surface area contributed by atoms with Gasteiger partial charge in [-0.2, -0.15) is 13.5 Å². The number of aromatic amines is 1. The molecule has 0 aliphatic rings. The van der Waals surface area contributed by atoms with E-state index in [9.17, 15) is 13.2 Å². The van der Waals surface area contributed by atoms with Crippen LogP contribution in [0.4, 0.5) is 0 Å². The summed E-state index contributed by atoms with van der Waals surface area (Å²) in [5, 5.41) is 6.73. The molecule has 1 amide bonds. The molecule has 120 valence electrons. The Kier molecular flexibility index (Phi) is 4.14. The number of fused-ring (bicyclic) bond motifs is 1. The van der Waals surface area contributed by atoms with Crippen LogP contribution in [0.25, 0.3) is 21.5 Å². The quantitative estimate of drug-likeness (QED) is 0.734. The summed E-state index contributed by atoms with van der Waals surface area (Å²) in [6.07, 6.45) is 2.38. The minimum Gasteiger partial charge on any atom is -0.278 e. The van der Waals surface area contributed by atoms with Gasteiger partial charge in [0.1, 0.15) is 0 Å². The number of aromatic nitrogens is 3. The van der Waals surface area contributed by atoms with Gasteiger partial charge in [-0.15, -0.1) is 11.3 Å². The normalized spacial score (nSPS) is 11.7. The highest BCUT2D eigenvalue weighted by Gasteiger charge is 2.22. The topological polar surface area (TPSA) is 105 Å². The summed E-state index contributed by atoms with van der Waals surface area (Å²) in [7, 11) is -3.92. The van der Waals surface area contributed by atoms with Crippen LogP contribution in [0, 0.1) is 0 Å². The van der Waals surface area contributed by atoms with E-state index in [1.54, 1.807) is 25.3 Å². The molecule has 0 aliphatic heterocycles. The lowest BCUT2D eigenvalue weighted by atomic mass is 10.1. The zero-order chi connectivity index (χ0) is 16.4. The number of thiazole rings is 1. The largest absolute Gasteiger partial charge is 0.291 e. The smallest absolute Gasteiger partial charge is 0.278 e. The molecule has 2 aromatic heterocycles. The molecule has 2 N–H and O–H groups in total. The third-order valence-corrected chi connectivity index (χ3v) is 5.92. The van der Waals surface area contributed by atoms with E-state index in [1.807, 2.05) is 16.9 Å². The van der Waals surface area contributed by atoms with Crippen LogP contribution in [-0.4, -0.2) is 29.5 Å². The molecule has 0 radical (unpaired) electrons. The molecular formula is C14H14N4O3S2. The van der Waals surface area contributed by atoms with Gasteiger partial charge in [0.25, 0.3) is 10.0 Å². The van der Waals surface area contributed by atoms with E-state index < -0.39 is 15.9 Å². The first kappa shape index (κ1) is 15.6. The number of benzene rings is 1.